The Morgan fingerprint density at radius 1 is 1.19 bits per heavy atom. The first-order valence-electron chi connectivity index (χ1n) is 12.7. The summed E-state index contributed by atoms with van der Waals surface area (Å²) in [5.41, 5.74) is 3.14. The number of thiazole rings is 1. The number of rotatable bonds is 4. The number of hydrogen-bond donors (Lipinski definition) is 1. The third-order valence-electron chi connectivity index (χ3n) is 7.19. The third kappa shape index (κ3) is 4.74. The van der Waals surface area contributed by atoms with Crippen LogP contribution in [0.15, 0.2) is 41.5 Å². The van der Waals surface area contributed by atoms with Gasteiger partial charge in [-0.1, -0.05) is 23.8 Å². The minimum absolute atomic E-state index is 0.00995. The van der Waals surface area contributed by atoms with Gasteiger partial charge in [0.2, 0.25) is 6.29 Å². The molecule has 2 saturated heterocycles. The molecular weight excluding hydrogens is 488 g/mol. The number of anilines is 1. The highest BCUT2D eigenvalue weighted by molar-refractivity contribution is 7.16. The molecule has 0 saturated carbocycles. The van der Waals surface area contributed by atoms with E-state index in [-0.39, 0.29) is 5.91 Å². The lowest BCUT2D eigenvalue weighted by molar-refractivity contribution is 0.0680. The number of likely N-dealkylation sites (tertiary alicyclic amines) is 1. The van der Waals surface area contributed by atoms with Crippen molar-refractivity contribution >= 4 is 28.9 Å². The van der Waals surface area contributed by atoms with Crippen LogP contribution < -0.4 is 5.32 Å². The summed E-state index contributed by atoms with van der Waals surface area (Å²) in [6.45, 7) is 6.35. The number of carbonyl (C=O) groups is 1. The maximum absolute atomic E-state index is 13.4. The molecule has 194 valence electrons. The number of nitrogens with one attached hydrogen (secondary N) is 1. The molecule has 1 N–H and O–H groups in total. The standard InChI is InChI=1S/C26H32N8O2S/c1-17-5-4-6-18(15-17)20-8-10-34(30-20)26-28-22-21(23(29-26)32-11-13-36-14-12-32)37-24(27-22)25(35)33-9-7-19(16-33)31(2)3/h4-6,8,10,15,19,26,28H,7,9,11-14,16H2,1-3H3. The normalized spacial score (nSPS) is 21.7. The van der Waals surface area contributed by atoms with Crippen LogP contribution in [0.1, 0.15) is 33.0 Å². The highest BCUT2D eigenvalue weighted by Crippen LogP contribution is 2.34. The second-order valence-electron chi connectivity index (χ2n) is 9.97. The number of amidine groups is 1. The van der Waals surface area contributed by atoms with E-state index in [1.54, 1.807) is 0 Å². The Morgan fingerprint density at radius 2 is 2.03 bits per heavy atom. The van der Waals surface area contributed by atoms with Gasteiger partial charge in [0.25, 0.3) is 5.91 Å². The molecule has 2 atom stereocenters. The van der Waals surface area contributed by atoms with Crippen LogP contribution in [0.4, 0.5) is 5.82 Å². The fourth-order valence-electron chi connectivity index (χ4n) is 5.03. The molecule has 2 unspecified atom stereocenters. The van der Waals surface area contributed by atoms with Gasteiger partial charge in [0.05, 0.1) is 18.9 Å². The number of benzene rings is 1. The van der Waals surface area contributed by atoms with Crippen LogP contribution in [-0.2, 0) is 4.74 Å². The van der Waals surface area contributed by atoms with Gasteiger partial charge in [0.1, 0.15) is 10.7 Å². The summed E-state index contributed by atoms with van der Waals surface area (Å²) in [5.74, 6) is 1.52. The molecule has 0 spiro atoms. The van der Waals surface area contributed by atoms with Crippen LogP contribution in [0.2, 0.25) is 0 Å². The molecule has 11 heteroatoms. The summed E-state index contributed by atoms with van der Waals surface area (Å²) in [4.78, 5) is 30.5. The molecule has 6 rings (SSSR count). The number of amides is 1. The van der Waals surface area contributed by atoms with Crippen molar-refractivity contribution in [2.75, 3.05) is 58.8 Å². The van der Waals surface area contributed by atoms with E-state index in [2.05, 4.69) is 54.3 Å². The van der Waals surface area contributed by atoms with Crippen molar-refractivity contribution in [1.29, 1.82) is 0 Å². The average molecular weight is 521 g/mol. The SMILES string of the molecule is Cc1cccc(-c2ccn(C3N=C(N4CCOCC4)c4sc(C(=O)N5CCC(N(C)C)C5)nc4N3)n2)c1. The number of aromatic nitrogens is 3. The van der Waals surface area contributed by atoms with E-state index in [1.807, 2.05) is 27.9 Å². The van der Waals surface area contributed by atoms with E-state index in [9.17, 15) is 4.79 Å². The molecule has 2 fully saturated rings. The predicted molar refractivity (Wildman–Crippen MR) is 144 cm³/mol. The second-order valence-corrected chi connectivity index (χ2v) is 11.0. The Kier molecular flexibility index (Phi) is 6.43. The van der Waals surface area contributed by atoms with Crippen molar-refractivity contribution in [3.63, 3.8) is 0 Å². The number of carbonyl (C=O) groups excluding carboxylic acids is 1. The molecule has 0 aliphatic carbocycles. The van der Waals surface area contributed by atoms with Gasteiger partial charge in [-0.3, -0.25) is 4.79 Å². The van der Waals surface area contributed by atoms with Gasteiger partial charge in [-0.25, -0.2) is 14.7 Å². The van der Waals surface area contributed by atoms with Gasteiger partial charge in [-0.2, -0.15) is 5.10 Å². The molecule has 2 aromatic heterocycles. The van der Waals surface area contributed by atoms with Crippen LogP contribution in [-0.4, -0.2) is 101 Å². The highest BCUT2D eigenvalue weighted by atomic mass is 32.1. The lowest BCUT2D eigenvalue weighted by Crippen LogP contribution is -2.43. The van der Waals surface area contributed by atoms with Crippen LogP contribution in [0.25, 0.3) is 11.3 Å². The molecule has 1 aromatic carbocycles. The van der Waals surface area contributed by atoms with Crippen molar-refractivity contribution in [2.24, 2.45) is 4.99 Å². The van der Waals surface area contributed by atoms with E-state index in [4.69, 9.17) is 19.8 Å². The quantitative estimate of drug-likeness (QED) is 0.566. The fourth-order valence-corrected chi connectivity index (χ4v) is 6.05. The lowest BCUT2D eigenvalue weighted by Gasteiger charge is -2.32. The highest BCUT2D eigenvalue weighted by Gasteiger charge is 2.34. The summed E-state index contributed by atoms with van der Waals surface area (Å²) in [7, 11) is 4.13. The Labute approximate surface area is 220 Å². The summed E-state index contributed by atoms with van der Waals surface area (Å²) in [6, 6.07) is 10.7. The Hall–Kier alpha value is -3.28. The van der Waals surface area contributed by atoms with Gasteiger partial charge < -0.3 is 24.8 Å². The number of nitrogens with zero attached hydrogens (tertiary/aromatic N) is 7. The van der Waals surface area contributed by atoms with Gasteiger partial charge in [0, 0.05) is 44.0 Å². The van der Waals surface area contributed by atoms with E-state index >= 15 is 0 Å². The number of fused-ring (bicyclic) bond motifs is 1. The fraction of sp³-hybridized carbons (Fsp3) is 0.462. The molecule has 5 heterocycles. The monoisotopic (exact) mass is 520 g/mol. The predicted octanol–water partition coefficient (Wildman–Crippen LogP) is 2.75. The van der Waals surface area contributed by atoms with E-state index in [0.717, 1.165) is 54.6 Å². The molecule has 1 amide bonds. The molecule has 0 bridgehead atoms. The Bertz CT molecular complexity index is 1330. The van der Waals surface area contributed by atoms with Gasteiger partial charge in [0.15, 0.2) is 10.8 Å². The smallest absolute Gasteiger partial charge is 0.282 e. The first-order valence-corrected chi connectivity index (χ1v) is 13.5. The van der Waals surface area contributed by atoms with Gasteiger partial charge >= 0.3 is 0 Å². The molecule has 3 aromatic rings. The molecule has 10 nitrogen and oxygen atoms in total. The number of aliphatic imine (C=N–C) groups is 1. The molecule has 37 heavy (non-hydrogen) atoms. The van der Waals surface area contributed by atoms with Crippen molar-refractivity contribution in [2.45, 2.75) is 25.7 Å². The number of ether oxygens (including phenoxy) is 1. The van der Waals surface area contributed by atoms with Crippen molar-refractivity contribution < 1.29 is 9.53 Å². The maximum atomic E-state index is 13.4. The second kappa shape index (κ2) is 9.88. The minimum atomic E-state index is -0.459. The van der Waals surface area contributed by atoms with Gasteiger partial charge in [-0.05, 0) is 39.6 Å². The largest absolute Gasteiger partial charge is 0.378 e. The van der Waals surface area contributed by atoms with Crippen LogP contribution in [0.3, 0.4) is 0 Å². The molecular formula is C26H32N8O2S. The zero-order valence-electron chi connectivity index (χ0n) is 21.4. The molecule has 3 aliphatic heterocycles. The van der Waals surface area contributed by atoms with Crippen molar-refractivity contribution in [3.8, 4) is 11.3 Å². The first-order chi connectivity index (χ1) is 18.0. The van der Waals surface area contributed by atoms with Crippen molar-refractivity contribution in [3.05, 3.63) is 52.0 Å². The van der Waals surface area contributed by atoms with Crippen LogP contribution in [0, 0.1) is 6.92 Å². The topological polar surface area (TPSA) is 91.1 Å². The average Bonchev–Trinajstić information content (AvgIpc) is 3.68. The zero-order valence-corrected chi connectivity index (χ0v) is 22.2. The summed E-state index contributed by atoms with van der Waals surface area (Å²) in [5, 5.41) is 8.75. The summed E-state index contributed by atoms with van der Waals surface area (Å²) < 4.78 is 7.41. The third-order valence-corrected chi connectivity index (χ3v) is 8.23. The molecule has 0 radical (unpaired) electrons. The number of hydrogen-bond acceptors (Lipinski definition) is 9. The zero-order chi connectivity index (χ0) is 25.5. The Balaban J connectivity index is 1.30. The van der Waals surface area contributed by atoms with Crippen LogP contribution in [0.5, 0.6) is 0 Å². The number of morpholine rings is 1. The minimum Gasteiger partial charge on any atom is -0.378 e. The molecule has 3 aliphatic rings. The summed E-state index contributed by atoms with van der Waals surface area (Å²) in [6.07, 6.45) is 2.46. The lowest BCUT2D eigenvalue weighted by atomic mass is 10.1. The van der Waals surface area contributed by atoms with E-state index < -0.39 is 6.29 Å². The first kappa shape index (κ1) is 24.1. The van der Waals surface area contributed by atoms with E-state index in [1.165, 1.54) is 16.9 Å². The number of aryl methyl sites for hydroxylation is 1. The summed E-state index contributed by atoms with van der Waals surface area (Å²) >= 11 is 1.42. The van der Waals surface area contributed by atoms with E-state index in [0.29, 0.717) is 30.1 Å². The van der Waals surface area contributed by atoms with Gasteiger partial charge in [-0.15, -0.1) is 11.3 Å². The maximum Gasteiger partial charge on any atom is 0.282 e. The van der Waals surface area contributed by atoms with Crippen molar-refractivity contribution in [1.82, 2.24) is 29.5 Å². The van der Waals surface area contributed by atoms with Crippen LogP contribution >= 0.6 is 11.3 Å². The number of likely N-dealkylation sites (N-methyl/N-ethyl adjacent to an activating group) is 1. The Morgan fingerprint density at radius 3 is 2.78 bits per heavy atom.